The number of halogens is 1. The predicted molar refractivity (Wildman–Crippen MR) is 77.3 cm³/mol. The molecule has 1 aromatic heterocycles. The maximum Gasteiger partial charge on any atom is 0.315 e. The number of nitrogens with one attached hydrogen (secondary N) is 2. The molecule has 1 heterocycles. The minimum atomic E-state index is -0.482. The van der Waals surface area contributed by atoms with Crippen molar-refractivity contribution in [3.8, 4) is 0 Å². The van der Waals surface area contributed by atoms with Gasteiger partial charge in [0.25, 0.3) is 5.91 Å². The highest BCUT2D eigenvalue weighted by molar-refractivity contribution is 5.94. The SMILES string of the molecule is O=C(NCCNC(=O)c1nc(C2CC2)no1)c1cccc(F)c1. The number of benzene rings is 1. The van der Waals surface area contributed by atoms with Gasteiger partial charge in [-0.15, -0.1) is 0 Å². The normalized spacial score (nSPS) is 13.6. The van der Waals surface area contributed by atoms with Crippen molar-refractivity contribution in [1.82, 2.24) is 20.8 Å². The third-order valence-corrected chi connectivity index (χ3v) is 3.36. The third-order valence-electron chi connectivity index (χ3n) is 3.36. The molecule has 1 aromatic carbocycles. The van der Waals surface area contributed by atoms with Gasteiger partial charge in [0.1, 0.15) is 5.82 Å². The van der Waals surface area contributed by atoms with Crippen LogP contribution >= 0.6 is 0 Å². The second-order valence-corrected chi connectivity index (χ2v) is 5.25. The predicted octanol–water partition coefficient (Wildman–Crippen LogP) is 1.25. The molecule has 23 heavy (non-hydrogen) atoms. The molecule has 8 heteroatoms. The molecule has 0 spiro atoms. The standard InChI is InChI=1S/C15H15FN4O3/c16-11-3-1-2-10(8-11)13(21)17-6-7-18-14(22)15-19-12(20-23-15)9-4-5-9/h1-3,8-9H,4-7H2,(H,17,21)(H,18,22). The summed E-state index contributed by atoms with van der Waals surface area (Å²) in [6.07, 6.45) is 2.04. The van der Waals surface area contributed by atoms with Crippen molar-refractivity contribution in [2.75, 3.05) is 13.1 Å². The lowest BCUT2D eigenvalue weighted by atomic mass is 10.2. The number of amides is 2. The molecule has 0 radical (unpaired) electrons. The summed E-state index contributed by atoms with van der Waals surface area (Å²) in [6.45, 7) is 0.395. The monoisotopic (exact) mass is 318 g/mol. The molecule has 0 bridgehead atoms. The summed E-state index contributed by atoms with van der Waals surface area (Å²) in [4.78, 5) is 27.6. The van der Waals surface area contributed by atoms with Crippen molar-refractivity contribution in [2.45, 2.75) is 18.8 Å². The Labute approximate surface area is 131 Å². The van der Waals surface area contributed by atoms with Crippen LogP contribution in [0.15, 0.2) is 28.8 Å². The average molecular weight is 318 g/mol. The van der Waals surface area contributed by atoms with Crippen molar-refractivity contribution < 1.29 is 18.5 Å². The highest BCUT2D eigenvalue weighted by Gasteiger charge is 2.29. The van der Waals surface area contributed by atoms with E-state index >= 15 is 0 Å². The zero-order valence-corrected chi connectivity index (χ0v) is 12.2. The van der Waals surface area contributed by atoms with Crippen LogP contribution in [0.3, 0.4) is 0 Å². The molecular weight excluding hydrogens is 303 g/mol. The Kier molecular flexibility index (Phi) is 4.31. The fourth-order valence-electron chi connectivity index (χ4n) is 1.99. The molecule has 1 saturated carbocycles. The quantitative estimate of drug-likeness (QED) is 0.781. The molecule has 1 aliphatic carbocycles. The lowest BCUT2D eigenvalue weighted by molar-refractivity contribution is 0.0898. The Morgan fingerprint density at radius 3 is 2.65 bits per heavy atom. The van der Waals surface area contributed by atoms with Crippen molar-refractivity contribution in [3.63, 3.8) is 0 Å². The van der Waals surface area contributed by atoms with Crippen LogP contribution in [0.25, 0.3) is 0 Å². The summed E-state index contributed by atoms with van der Waals surface area (Å²) in [5, 5.41) is 8.90. The molecule has 1 aliphatic rings. The van der Waals surface area contributed by atoms with E-state index < -0.39 is 17.6 Å². The highest BCUT2D eigenvalue weighted by atomic mass is 19.1. The second-order valence-electron chi connectivity index (χ2n) is 5.25. The van der Waals surface area contributed by atoms with E-state index in [2.05, 4.69) is 20.8 Å². The molecular formula is C15H15FN4O3. The molecule has 0 saturated heterocycles. The average Bonchev–Trinajstić information content (AvgIpc) is 3.28. The van der Waals surface area contributed by atoms with E-state index in [-0.39, 0.29) is 24.5 Å². The van der Waals surface area contributed by atoms with Crippen molar-refractivity contribution in [2.24, 2.45) is 0 Å². The summed E-state index contributed by atoms with van der Waals surface area (Å²) >= 11 is 0. The van der Waals surface area contributed by atoms with Gasteiger partial charge in [0.15, 0.2) is 5.82 Å². The van der Waals surface area contributed by atoms with Crippen molar-refractivity contribution in [3.05, 3.63) is 47.4 Å². The highest BCUT2D eigenvalue weighted by Crippen LogP contribution is 2.37. The lowest BCUT2D eigenvalue weighted by Crippen LogP contribution is -2.34. The summed E-state index contributed by atoms with van der Waals surface area (Å²) in [5.74, 6) is -0.574. The first-order valence-corrected chi connectivity index (χ1v) is 7.29. The second kappa shape index (κ2) is 6.55. The maximum atomic E-state index is 13.0. The van der Waals surface area contributed by atoms with Crippen LogP contribution in [-0.4, -0.2) is 35.0 Å². The first kappa shape index (κ1) is 15.1. The number of aromatic nitrogens is 2. The van der Waals surface area contributed by atoms with Crippen LogP contribution in [0.2, 0.25) is 0 Å². The fraction of sp³-hybridized carbons (Fsp3) is 0.333. The van der Waals surface area contributed by atoms with E-state index in [9.17, 15) is 14.0 Å². The molecule has 0 aliphatic heterocycles. The van der Waals surface area contributed by atoms with E-state index in [1.807, 2.05) is 0 Å². The largest absolute Gasteiger partial charge is 0.350 e. The Morgan fingerprint density at radius 1 is 1.22 bits per heavy atom. The topological polar surface area (TPSA) is 97.1 Å². The molecule has 3 rings (SSSR count). The fourth-order valence-corrected chi connectivity index (χ4v) is 1.99. The van der Waals surface area contributed by atoms with Gasteiger partial charge in [-0.05, 0) is 31.0 Å². The van der Waals surface area contributed by atoms with Gasteiger partial charge in [0.2, 0.25) is 0 Å². The zero-order valence-electron chi connectivity index (χ0n) is 12.2. The zero-order chi connectivity index (χ0) is 16.2. The van der Waals surface area contributed by atoms with Gasteiger partial charge in [0, 0.05) is 24.6 Å². The number of hydrogen-bond acceptors (Lipinski definition) is 5. The molecule has 2 aromatic rings. The first-order valence-electron chi connectivity index (χ1n) is 7.29. The molecule has 7 nitrogen and oxygen atoms in total. The molecule has 2 amide bonds. The minimum absolute atomic E-state index is 0.0802. The summed E-state index contributed by atoms with van der Waals surface area (Å²) in [7, 11) is 0. The Hall–Kier alpha value is -2.77. The number of carbonyl (C=O) groups is 2. The van der Waals surface area contributed by atoms with E-state index in [4.69, 9.17) is 4.52 Å². The summed E-state index contributed by atoms with van der Waals surface area (Å²) in [5.41, 5.74) is 0.224. The van der Waals surface area contributed by atoms with Gasteiger partial charge >= 0.3 is 11.8 Å². The van der Waals surface area contributed by atoms with Gasteiger partial charge < -0.3 is 15.2 Å². The lowest BCUT2D eigenvalue weighted by Gasteiger charge is -2.05. The minimum Gasteiger partial charge on any atom is -0.350 e. The van der Waals surface area contributed by atoms with Gasteiger partial charge in [-0.1, -0.05) is 11.2 Å². The van der Waals surface area contributed by atoms with Crippen LogP contribution in [0, 0.1) is 5.82 Å². The van der Waals surface area contributed by atoms with Gasteiger partial charge in [-0.25, -0.2) is 4.39 Å². The van der Waals surface area contributed by atoms with Gasteiger partial charge in [-0.3, -0.25) is 9.59 Å². The Balaban J connectivity index is 1.42. The summed E-state index contributed by atoms with van der Waals surface area (Å²) < 4.78 is 17.9. The third kappa shape index (κ3) is 3.91. The van der Waals surface area contributed by atoms with Gasteiger partial charge in [0.05, 0.1) is 0 Å². The van der Waals surface area contributed by atoms with Crippen molar-refractivity contribution in [1.29, 1.82) is 0 Å². The van der Waals surface area contributed by atoms with E-state index in [1.54, 1.807) is 0 Å². The van der Waals surface area contributed by atoms with Gasteiger partial charge in [-0.2, -0.15) is 4.98 Å². The van der Waals surface area contributed by atoms with Crippen molar-refractivity contribution >= 4 is 11.8 Å². The van der Waals surface area contributed by atoms with Crippen LogP contribution in [0.4, 0.5) is 4.39 Å². The van der Waals surface area contributed by atoms with E-state index in [0.717, 1.165) is 18.9 Å². The molecule has 0 unspecified atom stereocenters. The first-order chi connectivity index (χ1) is 11.1. The maximum absolute atomic E-state index is 13.0. The number of rotatable bonds is 6. The number of hydrogen-bond donors (Lipinski definition) is 2. The molecule has 1 fully saturated rings. The smallest absolute Gasteiger partial charge is 0.315 e. The van der Waals surface area contributed by atoms with Crippen LogP contribution < -0.4 is 10.6 Å². The van der Waals surface area contributed by atoms with Crippen LogP contribution in [-0.2, 0) is 0 Å². The van der Waals surface area contributed by atoms with Crippen LogP contribution in [0.1, 0.15) is 45.6 Å². The summed E-state index contributed by atoms with van der Waals surface area (Å²) in [6, 6.07) is 5.37. The number of carbonyl (C=O) groups excluding carboxylic acids is 2. The number of nitrogens with zero attached hydrogens (tertiary/aromatic N) is 2. The molecule has 0 atom stereocenters. The molecule has 120 valence electrons. The van der Waals surface area contributed by atoms with Crippen LogP contribution in [0.5, 0.6) is 0 Å². The van der Waals surface area contributed by atoms with E-state index in [0.29, 0.717) is 11.7 Å². The Bertz CT molecular complexity index is 727. The molecule has 2 N–H and O–H groups in total. The van der Waals surface area contributed by atoms with E-state index in [1.165, 1.54) is 18.2 Å². The Morgan fingerprint density at radius 2 is 1.96 bits per heavy atom.